The minimum atomic E-state index is -0.711. The van der Waals surface area contributed by atoms with Crippen molar-refractivity contribution in [2.45, 2.75) is 45.2 Å². The molecule has 0 bridgehead atoms. The highest BCUT2D eigenvalue weighted by atomic mass is 16.5. The molecule has 4 aromatic carbocycles. The number of esters is 1. The van der Waals surface area contributed by atoms with Gasteiger partial charge in [0.1, 0.15) is 18.4 Å². The van der Waals surface area contributed by atoms with Gasteiger partial charge >= 0.3 is 5.97 Å². The highest BCUT2D eigenvalue weighted by molar-refractivity contribution is 6.12. The van der Waals surface area contributed by atoms with Gasteiger partial charge in [-0.15, -0.1) is 0 Å². The number of methoxy groups -OCH3 is 1. The summed E-state index contributed by atoms with van der Waals surface area (Å²) in [5.74, 6) is 0.241. The third kappa shape index (κ3) is 9.30. The zero-order valence-electron chi connectivity index (χ0n) is 25.4. The lowest BCUT2D eigenvalue weighted by atomic mass is 10.00. The summed E-state index contributed by atoms with van der Waals surface area (Å²) in [6, 6.07) is 33.0. The summed E-state index contributed by atoms with van der Waals surface area (Å²) >= 11 is 0. The molecule has 0 aromatic heterocycles. The fraction of sp³-hybridized carbons (Fsp3) is 0.270. The van der Waals surface area contributed by atoms with E-state index in [2.05, 4.69) is 12.2 Å². The van der Waals surface area contributed by atoms with Crippen molar-refractivity contribution in [3.05, 3.63) is 131 Å². The summed E-state index contributed by atoms with van der Waals surface area (Å²) in [5, 5.41) is 3.24. The predicted octanol–water partition coefficient (Wildman–Crippen LogP) is 6.71. The molecular weight excluding hydrogens is 552 g/mol. The second-order valence-electron chi connectivity index (χ2n) is 10.6. The van der Waals surface area contributed by atoms with Crippen molar-refractivity contribution in [2.24, 2.45) is 0 Å². The Balaban J connectivity index is 1.38. The van der Waals surface area contributed by atoms with Gasteiger partial charge in [0, 0.05) is 36.2 Å². The first-order valence-electron chi connectivity index (χ1n) is 15.0. The van der Waals surface area contributed by atoms with E-state index in [-0.39, 0.29) is 11.7 Å². The minimum absolute atomic E-state index is 0.128. The zero-order valence-corrected chi connectivity index (χ0v) is 25.4. The Kier molecular flexibility index (Phi) is 12.1. The number of carbonyl (C=O) groups is 3. The van der Waals surface area contributed by atoms with Gasteiger partial charge < -0.3 is 19.7 Å². The van der Waals surface area contributed by atoms with Crippen molar-refractivity contribution < 1.29 is 23.9 Å². The normalized spacial score (nSPS) is 11.3. The molecule has 0 saturated heterocycles. The molecule has 4 rings (SSSR count). The number of anilines is 1. The van der Waals surface area contributed by atoms with E-state index < -0.39 is 12.0 Å². The lowest BCUT2D eigenvalue weighted by Gasteiger charge is -2.23. The lowest BCUT2D eigenvalue weighted by Crippen LogP contribution is -2.34. The molecule has 0 fully saturated rings. The van der Waals surface area contributed by atoms with Crippen molar-refractivity contribution in [2.75, 3.05) is 25.6 Å². The summed E-state index contributed by atoms with van der Waals surface area (Å²) in [6.07, 6.45) is 2.71. The van der Waals surface area contributed by atoms with Crippen LogP contribution < -0.4 is 10.1 Å². The number of ketones is 1. The summed E-state index contributed by atoms with van der Waals surface area (Å²) in [6.45, 7) is 3.47. The monoisotopic (exact) mass is 592 g/mol. The largest absolute Gasteiger partial charge is 0.492 e. The maximum atomic E-state index is 13.2. The van der Waals surface area contributed by atoms with Crippen LogP contribution in [0.3, 0.4) is 0 Å². The highest BCUT2D eigenvalue weighted by Gasteiger charge is 2.23. The molecule has 1 amide bonds. The van der Waals surface area contributed by atoms with E-state index in [1.165, 1.54) is 7.11 Å². The number of benzene rings is 4. The van der Waals surface area contributed by atoms with Gasteiger partial charge in [-0.1, -0.05) is 98.3 Å². The van der Waals surface area contributed by atoms with Crippen LogP contribution in [0.4, 0.5) is 5.69 Å². The number of nitrogens with zero attached hydrogens (tertiary/aromatic N) is 1. The molecule has 4 aromatic rings. The van der Waals surface area contributed by atoms with Crippen LogP contribution in [0.5, 0.6) is 5.75 Å². The summed E-state index contributed by atoms with van der Waals surface area (Å²) < 4.78 is 11.1. The van der Waals surface area contributed by atoms with Crippen LogP contribution in [0.1, 0.15) is 53.2 Å². The summed E-state index contributed by atoms with van der Waals surface area (Å²) in [5.41, 5.74) is 3.59. The number of hydrogen-bond donors (Lipinski definition) is 1. The number of nitrogens with one attached hydrogen (secondary N) is 1. The molecule has 0 unspecified atom stereocenters. The maximum absolute atomic E-state index is 13.2. The number of ether oxygens (including phenoxy) is 2. The van der Waals surface area contributed by atoms with Crippen LogP contribution in [0, 0.1) is 0 Å². The Bertz CT molecular complexity index is 1490. The van der Waals surface area contributed by atoms with Gasteiger partial charge in [0.05, 0.1) is 13.7 Å². The molecule has 228 valence electrons. The number of amides is 1. The second-order valence-corrected chi connectivity index (χ2v) is 10.6. The minimum Gasteiger partial charge on any atom is -0.492 e. The van der Waals surface area contributed by atoms with E-state index in [1.54, 1.807) is 30.3 Å². The van der Waals surface area contributed by atoms with Crippen LogP contribution in [0.25, 0.3) is 0 Å². The third-order valence-electron chi connectivity index (χ3n) is 7.33. The fourth-order valence-corrected chi connectivity index (χ4v) is 4.89. The molecule has 0 aliphatic rings. The Morgan fingerprint density at radius 1 is 0.795 bits per heavy atom. The van der Waals surface area contributed by atoms with Gasteiger partial charge in [-0.05, 0) is 41.8 Å². The van der Waals surface area contributed by atoms with Crippen LogP contribution in [-0.4, -0.2) is 48.9 Å². The zero-order chi connectivity index (χ0) is 31.1. The quantitative estimate of drug-likeness (QED) is 0.115. The van der Waals surface area contributed by atoms with Crippen molar-refractivity contribution >= 4 is 23.3 Å². The lowest BCUT2D eigenvalue weighted by molar-refractivity contribution is -0.141. The molecule has 0 aliphatic heterocycles. The Labute approximate surface area is 259 Å². The number of hydrogen-bond acceptors (Lipinski definition) is 6. The van der Waals surface area contributed by atoms with E-state index in [0.717, 1.165) is 24.0 Å². The molecule has 7 heteroatoms. The van der Waals surface area contributed by atoms with Crippen molar-refractivity contribution in [3.63, 3.8) is 0 Å². The van der Waals surface area contributed by atoms with Crippen molar-refractivity contribution in [1.82, 2.24) is 4.90 Å². The standard InChI is InChI=1S/C37H40N2O5/c1-3-4-19-35(40)39(27-29-13-7-5-8-14-29)24-25-44-31-22-20-28(21-23-31)26-34(37(42)43-2)38-33-18-12-11-17-32(33)36(41)30-15-9-6-10-16-30/h5-18,20-23,34,38H,3-4,19,24-27H2,1-2H3/t34-/m0/s1. The Hall–Kier alpha value is -4.91. The number of rotatable bonds is 16. The summed E-state index contributed by atoms with van der Waals surface area (Å²) in [4.78, 5) is 40.7. The van der Waals surface area contributed by atoms with Gasteiger partial charge in [0.25, 0.3) is 0 Å². The van der Waals surface area contributed by atoms with E-state index in [4.69, 9.17) is 9.47 Å². The first-order valence-corrected chi connectivity index (χ1v) is 15.0. The van der Waals surface area contributed by atoms with Gasteiger partial charge in [0.2, 0.25) is 5.91 Å². The topological polar surface area (TPSA) is 84.9 Å². The van der Waals surface area contributed by atoms with Gasteiger partial charge in [-0.25, -0.2) is 4.79 Å². The number of para-hydroxylation sites is 1. The maximum Gasteiger partial charge on any atom is 0.328 e. The summed E-state index contributed by atoms with van der Waals surface area (Å²) in [7, 11) is 1.35. The average molecular weight is 593 g/mol. The van der Waals surface area contributed by atoms with Crippen LogP contribution in [0.2, 0.25) is 0 Å². The third-order valence-corrected chi connectivity index (χ3v) is 7.33. The van der Waals surface area contributed by atoms with E-state index >= 15 is 0 Å². The average Bonchev–Trinajstić information content (AvgIpc) is 3.07. The molecule has 7 nitrogen and oxygen atoms in total. The smallest absolute Gasteiger partial charge is 0.328 e. The van der Waals surface area contributed by atoms with Crippen LogP contribution in [0.15, 0.2) is 109 Å². The molecule has 1 atom stereocenters. The van der Waals surface area contributed by atoms with E-state index in [0.29, 0.717) is 55.1 Å². The molecule has 0 aliphatic carbocycles. The van der Waals surface area contributed by atoms with Crippen molar-refractivity contribution in [1.29, 1.82) is 0 Å². The molecular formula is C37H40N2O5. The second kappa shape index (κ2) is 16.7. The van der Waals surface area contributed by atoms with Gasteiger partial charge in [-0.2, -0.15) is 0 Å². The van der Waals surface area contributed by atoms with E-state index in [9.17, 15) is 14.4 Å². The molecule has 0 saturated carbocycles. The Morgan fingerprint density at radius 3 is 2.14 bits per heavy atom. The molecule has 0 spiro atoms. The SMILES string of the molecule is CCCCC(=O)N(CCOc1ccc(C[C@H](Nc2ccccc2C(=O)c2ccccc2)C(=O)OC)cc1)Cc1ccccc1. The van der Waals surface area contributed by atoms with Gasteiger partial charge in [-0.3, -0.25) is 9.59 Å². The molecule has 44 heavy (non-hydrogen) atoms. The highest BCUT2D eigenvalue weighted by Crippen LogP contribution is 2.22. The Morgan fingerprint density at radius 2 is 1.45 bits per heavy atom. The van der Waals surface area contributed by atoms with Crippen LogP contribution >= 0.6 is 0 Å². The fourth-order valence-electron chi connectivity index (χ4n) is 4.89. The number of carbonyl (C=O) groups excluding carboxylic acids is 3. The van der Waals surface area contributed by atoms with E-state index in [1.807, 2.05) is 83.8 Å². The van der Waals surface area contributed by atoms with Crippen LogP contribution in [-0.2, 0) is 27.3 Å². The van der Waals surface area contributed by atoms with Crippen molar-refractivity contribution in [3.8, 4) is 5.75 Å². The molecule has 0 radical (unpaired) electrons. The molecule has 0 heterocycles. The first kappa shape index (κ1) is 32.0. The number of unbranched alkanes of at least 4 members (excludes halogenated alkanes) is 1. The van der Waals surface area contributed by atoms with Gasteiger partial charge in [0.15, 0.2) is 5.78 Å². The molecule has 1 N–H and O–H groups in total. The first-order chi connectivity index (χ1) is 21.5. The predicted molar refractivity (Wildman–Crippen MR) is 173 cm³/mol.